The van der Waals surface area contributed by atoms with Crippen LogP contribution in [0.5, 0.6) is 5.75 Å². The SMILES string of the molecule is COc1ccc(COC[C@@H](OC(=O)N2CCC3(CC2)CC(c2ccc(F)cc2F)CO3)C(F)(F)F)cc1. The van der Waals surface area contributed by atoms with Crippen LogP contribution in [-0.2, 0) is 20.8 Å². The Morgan fingerprint density at radius 1 is 1.14 bits per heavy atom. The first-order valence-electron chi connectivity index (χ1n) is 11.9. The van der Waals surface area contributed by atoms with Crippen LogP contribution in [0, 0.1) is 11.6 Å². The van der Waals surface area contributed by atoms with Gasteiger partial charge in [0.2, 0.25) is 6.10 Å². The standard InChI is InChI=1S/C26H28F5NO5/c1-34-20-5-2-17(3-6-20)14-35-16-23(26(29,30)31)37-24(33)32-10-8-25(9-11-32)13-18(15-36-25)21-7-4-19(27)12-22(21)28/h2-7,12,18,23H,8-11,13-16H2,1H3/t18?,23-/m1/s1. The predicted octanol–water partition coefficient (Wildman–Crippen LogP) is 5.60. The molecule has 6 nitrogen and oxygen atoms in total. The summed E-state index contributed by atoms with van der Waals surface area (Å²) in [6.45, 7) is -0.418. The van der Waals surface area contributed by atoms with E-state index in [1.54, 1.807) is 24.3 Å². The average Bonchev–Trinajstić information content (AvgIpc) is 3.26. The van der Waals surface area contributed by atoms with Crippen LogP contribution in [0.25, 0.3) is 0 Å². The minimum absolute atomic E-state index is 0.0898. The van der Waals surface area contributed by atoms with Gasteiger partial charge in [-0.25, -0.2) is 13.6 Å². The van der Waals surface area contributed by atoms with Gasteiger partial charge in [-0.15, -0.1) is 0 Å². The van der Waals surface area contributed by atoms with Crippen LogP contribution in [0.2, 0.25) is 0 Å². The zero-order valence-corrected chi connectivity index (χ0v) is 20.2. The van der Waals surface area contributed by atoms with Gasteiger partial charge in [-0.3, -0.25) is 0 Å². The van der Waals surface area contributed by atoms with E-state index in [1.165, 1.54) is 24.1 Å². The molecule has 0 aromatic heterocycles. The Morgan fingerprint density at radius 2 is 1.84 bits per heavy atom. The number of hydrogen-bond acceptors (Lipinski definition) is 5. The maximum atomic E-state index is 14.2. The summed E-state index contributed by atoms with van der Waals surface area (Å²) in [5.41, 5.74) is 0.389. The second-order valence-electron chi connectivity index (χ2n) is 9.33. The summed E-state index contributed by atoms with van der Waals surface area (Å²) in [6, 6.07) is 10.1. The summed E-state index contributed by atoms with van der Waals surface area (Å²) in [7, 11) is 1.50. The quantitative estimate of drug-likeness (QED) is 0.438. The lowest BCUT2D eigenvalue weighted by molar-refractivity contribution is -0.220. The maximum absolute atomic E-state index is 14.2. The molecule has 0 N–H and O–H groups in total. The minimum Gasteiger partial charge on any atom is -0.497 e. The molecule has 2 aromatic rings. The van der Waals surface area contributed by atoms with Gasteiger partial charge in [0.1, 0.15) is 17.4 Å². The van der Waals surface area contributed by atoms with Crippen molar-refractivity contribution >= 4 is 6.09 Å². The van der Waals surface area contributed by atoms with E-state index in [9.17, 15) is 26.7 Å². The van der Waals surface area contributed by atoms with Crippen LogP contribution >= 0.6 is 0 Å². The van der Waals surface area contributed by atoms with Crippen molar-refractivity contribution in [1.29, 1.82) is 0 Å². The zero-order chi connectivity index (χ0) is 26.6. The molecule has 202 valence electrons. The van der Waals surface area contributed by atoms with E-state index in [4.69, 9.17) is 18.9 Å². The number of carbonyl (C=O) groups excluding carboxylic acids is 1. The summed E-state index contributed by atoms with van der Waals surface area (Å²) in [5.74, 6) is -0.962. The predicted molar refractivity (Wildman–Crippen MR) is 122 cm³/mol. The van der Waals surface area contributed by atoms with Gasteiger partial charge in [-0.05, 0) is 48.6 Å². The Labute approximate surface area is 211 Å². The molecular formula is C26H28F5NO5. The Bertz CT molecular complexity index is 1070. The van der Waals surface area contributed by atoms with Crippen molar-refractivity contribution in [1.82, 2.24) is 4.90 Å². The van der Waals surface area contributed by atoms with Gasteiger partial charge >= 0.3 is 12.3 Å². The molecule has 2 aliphatic heterocycles. The third-order valence-electron chi connectivity index (χ3n) is 6.85. The van der Waals surface area contributed by atoms with Gasteiger partial charge in [0, 0.05) is 25.1 Å². The van der Waals surface area contributed by atoms with Crippen LogP contribution in [0.15, 0.2) is 42.5 Å². The van der Waals surface area contributed by atoms with Gasteiger partial charge in [0.25, 0.3) is 0 Å². The number of rotatable bonds is 7. The highest BCUT2D eigenvalue weighted by Crippen LogP contribution is 2.43. The molecular weight excluding hydrogens is 501 g/mol. The molecule has 4 rings (SSSR count). The molecule has 2 heterocycles. The number of carbonyl (C=O) groups is 1. The van der Waals surface area contributed by atoms with Gasteiger partial charge in [0.05, 0.1) is 32.5 Å². The largest absolute Gasteiger partial charge is 0.497 e. The third kappa shape index (κ3) is 6.70. The Kier molecular flexibility index (Phi) is 8.23. The molecule has 2 aliphatic rings. The van der Waals surface area contributed by atoms with E-state index in [0.717, 1.165) is 6.07 Å². The van der Waals surface area contributed by atoms with Crippen molar-refractivity contribution in [3.8, 4) is 5.75 Å². The van der Waals surface area contributed by atoms with E-state index < -0.39 is 42.2 Å². The number of halogens is 5. The Balaban J connectivity index is 1.28. The molecule has 11 heteroatoms. The molecule has 1 unspecified atom stereocenters. The molecule has 1 amide bonds. The van der Waals surface area contributed by atoms with Crippen LogP contribution in [0.4, 0.5) is 26.7 Å². The van der Waals surface area contributed by atoms with Crippen molar-refractivity contribution in [3.63, 3.8) is 0 Å². The van der Waals surface area contributed by atoms with Crippen molar-refractivity contribution in [2.45, 2.75) is 49.7 Å². The molecule has 1 spiro atoms. The molecule has 0 aliphatic carbocycles. The number of methoxy groups -OCH3 is 1. The van der Waals surface area contributed by atoms with E-state index >= 15 is 0 Å². The van der Waals surface area contributed by atoms with Crippen LogP contribution in [-0.4, -0.2) is 62.3 Å². The molecule has 0 saturated carbocycles. The Hall–Kier alpha value is -2.92. The minimum atomic E-state index is -4.80. The Morgan fingerprint density at radius 3 is 2.46 bits per heavy atom. The third-order valence-corrected chi connectivity index (χ3v) is 6.85. The van der Waals surface area contributed by atoms with Crippen LogP contribution < -0.4 is 4.74 Å². The van der Waals surface area contributed by atoms with Crippen molar-refractivity contribution < 1.29 is 45.7 Å². The van der Waals surface area contributed by atoms with Crippen LogP contribution in [0.3, 0.4) is 0 Å². The van der Waals surface area contributed by atoms with E-state index in [-0.39, 0.29) is 32.2 Å². The second kappa shape index (κ2) is 11.2. The van der Waals surface area contributed by atoms with Crippen molar-refractivity contribution in [3.05, 3.63) is 65.2 Å². The molecule has 0 radical (unpaired) electrons. The van der Waals surface area contributed by atoms with Crippen molar-refractivity contribution in [2.75, 3.05) is 33.4 Å². The highest BCUT2D eigenvalue weighted by Gasteiger charge is 2.47. The van der Waals surface area contributed by atoms with Crippen molar-refractivity contribution in [2.24, 2.45) is 0 Å². The van der Waals surface area contributed by atoms with Gasteiger partial charge in [0.15, 0.2) is 0 Å². The molecule has 2 atom stereocenters. The fraction of sp³-hybridized carbons (Fsp3) is 0.500. The number of amides is 1. The molecule has 2 aromatic carbocycles. The zero-order valence-electron chi connectivity index (χ0n) is 20.2. The highest BCUT2D eigenvalue weighted by atomic mass is 19.4. The molecule has 37 heavy (non-hydrogen) atoms. The maximum Gasteiger partial charge on any atom is 0.427 e. The number of alkyl halides is 3. The van der Waals surface area contributed by atoms with Gasteiger partial charge in [-0.1, -0.05) is 18.2 Å². The summed E-state index contributed by atoms with van der Waals surface area (Å²) < 4.78 is 88.9. The number of ether oxygens (including phenoxy) is 4. The number of nitrogens with zero attached hydrogens (tertiary/aromatic N) is 1. The summed E-state index contributed by atoms with van der Waals surface area (Å²) in [6.07, 6.45) is -7.08. The number of piperidine rings is 1. The van der Waals surface area contributed by atoms with E-state index in [2.05, 4.69) is 0 Å². The number of benzene rings is 2. The summed E-state index contributed by atoms with van der Waals surface area (Å²) >= 11 is 0. The second-order valence-corrected chi connectivity index (χ2v) is 9.33. The summed E-state index contributed by atoms with van der Waals surface area (Å²) in [5, 5.41) is 0. The summed E-state index contributed by atoms with van der Waals surface area (Å²) in [4.78, 5) is 13.7. The number of likely N-dealkylation sites (tertiary alicyclic amines) is 1. The first-order valence-corrected chi connectivity index (χ1v) is 11.9. The topological polar surface area (TPSA) is 57.2 Å². The van der Waals surface area contributed by atoms with Crippen LogP contribution in [0.1, 0.15) is 36.3 Å². The molecule has 0 bridgehead atoms. The fourth-order valence-electron chi connectivity index (χ4n) is 4.72. The fourth-order valence-corrected chi connectivity index (χ4v) is 4.72. The van der Waals surface area contributed by atoms with Gasteiger partial charge < -0.3 is 23.8 Å². The lowest BCUT2D eigenvalue weighted by atomic mass is 9.83. The first kappa shape index (κ1) is 27.1. The van der Waals surface area contributed by atoms with Gasteiger partial charge in [-0.2, -0.15) is 13.2 Å². The normalized spacial score (nSPS) is 20.2. The van der Waals surface area contributed by atoms with E-state index in [0.29, 0.717) is 36.1 Å². The number of hydrogen-bond donors (Lipinski definition) is 0. The molecule has 2 fully saturated rings. The lowest BCUT2D eigenvalue weighted by Gasteiger charge is -2.38. The van der Waals surface area contributed by atoms with E-state index in [1.807, 2.05) is 0 Å². The molecule has 2 saturated heterocycles. The highest BCUT2D eigenvalue weighted by molar-refractivity contribution is 5.68. The lowest BCUT2D eigenvalue weighted by Crippen LogP contribution is -2.49. The smallest absolute Gasteiger partial charge is 0.427 e. The average molecular weight is 530 g/mol. The monoisotopic (exact) mass is 529 g/mol. The first-order chi connectivity index (χ1) is 17.6.